The van der Waals surface area contributed by atoms with Gasteiger partial charge in [0.05, 0.1) is 5.69 Å². The molecule has 3 nitrogen and oxygen atoms in total. The zero-order valence-electron chi connectivity index (χ0n) is 11.8. The summed E-state index contributed by atoms with van der Waals surface area (Å²) < 4.78 is 5.77. The van der Waals surface area contributed by atoms with Crippen LogP contribution in [0.3, 0.4) is 0 Å². The predicted molar refractivity (Wildman–Crippen MR) is 84.7 cm³/mol. The first-order valence-electron chi connectivity index (χ1n) is 6.78. The highest BCUT2D eigenvalue weighted by molar-refractivity contribution is 7.09. The van der Waals surface area contributed by atoms with Gasteiger partial charge in [0, 0.05) is 16.9 Å². The number of ether oxygens (including phenoxy) is 1. The van der Waals surface area contributed by atoms with Gasteiger partial charge in [0.15, 0.2) is 0 Å². The molecule has 2 aromatic rings. The lowest BCUT2D eigenvalue weighted by Gasteiger charge is -2.07. The van der Waals surface area contributed by atoms with E-state index in [1.807, 2.05) is 23.6 Å². The second-order valence-corrected chi connectivity index (χ2v) is 5.76. The summed E-state index contributed by atoms with van der Waals surface area (Å²) in [4.78, 5) is 4.53. The number of hydrogen-bond acceptors (Lipinski definition) is 4. The van der Waals surface area contributed by atoms with Crippen LogP contribution in [0.2, 0.25) is 5.02 Å². The lowest BCUT2D eigenvalue weighted by atomic mass is 10.1. The summed E-state index contributed by atoms with van der Waals surface area (Å²) in [5.74, 6) is 0.840. The molecule has 0 saturated heterocycles. The maximum Gasteiger partial charge on any atom is 0.131 e. The number of thiazole rings is 1. The van der Waals surface area contributed by atoms with Gasteiger partial charge in [-0.1, -0.05) is 25.4 Å². The average molecular weight is 311 g/mol. The van der Waals surface area contributed by atoms with Gasteiger partial charge in [-0.05, 0) is 36.7 Å². The summed E-state index contributed by atoms with van der Waals surface area (Å²) in [6.45, 7) is 6.44. The SMILES string of the molecule is CCNCc1nc(COc2ccc(Cl)c(CC)c2)cs1. The maximum absolute atomic E-state index is 6.09. The van der Waals surface area contributed by atoms with Crippen molar-refractivity contribution in [2.45, 2.75) is 33.4 Å². The van der Waals surface area contributed by atoms with Gasteiger partial charge >= 0.3 is 0 Å². The van der Waals surface area contributed by atoms with Crippen molar-refractivity contribution < 1.29 is 4.74 Å². The molecule has 0 aliphatic heterocycles. The van der Waals surface area contributed by atoms with Crippen LogP contribution in [0.25, 0.3) is 0 Å². The zero-order chi connectivity index (χ0) is 14.4. The molecule has 2 rings (SSSR count). The van der Waals surface area contributed by atoms with Crippen LogP contribution < -0.4 is 10.1 Å². The molecule has 0 amide bonds. The van der Waals surface area contributed by atoms with Gasteiger partial charge < -0.3 is 10.1 Å². The van der Waals surface area contributed by atoms with E-state index >= 15 is 0 Å². The average Bonchev–Trinajstić information content (AvgIpc) is 2.92. The van der Waals surface area contributed by atoms with Crippen LogP contribution in [0.1, 0.15) is 30.1 Å². The van der Waals surface area contributed by atoms with Gasteiger partial charge in [-0.25, -0.2) is 4.98 Å². The Morgan fingerprint density at radius 3 is 2.95 bits per heavy atom. The second-order valence-electron chi connectivity index (χ2n) is 4.41. The Labute approximate surface area is 129 Å². The minimum absolute atomic E-state index is 0.493. The fraction of sp³-hybridized carbons (Fsp3) is 0.400. The standard InChI is InChI=1S/C15H19ClN2OS/c1-3-11-7-13(5-6-14(11)16)19-9-12-10-20-15(18-12)8-17-4-2/h5-7,10,17H,3-4,8-9H2,1-2H3. The first-order chi connectivity index (χ1) is 9.72. The Morgan fingerprint density at radius 1 is 1.35 bits per heavy atom. The first kappa shape index (κ1) is 15.3. The molecule has 0 unspecified atom stereocenters. The Hall–Kier alpha value is -1.10. The summed E-state index contributed by atoms with van der Waals surface area (Å²) >= 11 is 7.75. The molecule has 0 spiro atoms. The molecule has 1 heterocycles. The summed E-state index contributed by atoms with van der Waals surface area (Å²) in [6.07, 6.45) is 0.902. The van der Waals surface area contributed by atoms with Crippen LogP contribution in [0, 0.1) is 0 Å². The lowest BCUT2D eigenvalue weighted by molar-refractivity contribution is 0.301. The Bertz CT molecular complexity index is 557. The van der Waals surface area contributed by atoms with Crippen LogP contribution in [-0.2, 0) is 19.6 Å². The molecule has 1 aromatic heterocycles. The van der Waals surface area contributed by atoms with Crippen molar-refractivity contribution in [1.82, 2.24) is 10.3 Å². The maximum atomic E-state index is 6.09. The van der Waals surface area contributed by atoms with Gasteiger partial charge in [-0.2, -0.15) is 0 Å². The molecule has 0 bridgehead atoms. The molecule has 1 N–H and O–H groups in total. The van der Waals surface area contributed by atoms with E-state index in [-0.39, 0.29) is 0 Å². The molecule has 0 saturated carbocycles. The minimum atomic E-state index is 0.493. The molecule has 0 aliphatic rings. The summed E-state index contributed by atoms with van der Waals surface area (Å²) in [6, 6.07) is 5.77. The second kappa shape index (κ2) is 7.62. The molecule has 0 atom stereocenters. The van der Waals surface area contributed by atoms with Crippen molar-refractivity contribution in [2.75, 3.05) is 6.54 Å². The van der Waals surface area contributed by atoms with E-state index < -0.39 is 0 Å². The third-order valence-electron chi connectivity index (χ3n) is 2.91. The third-order valence-corrected chi connectivity index (χ3v) is 4.18. The molecular weight excluding hydrogens is 292 g/mol. The molecule has 0 fully saturated rings. The summed E-state index contributed by atoms with van der Waals surface area (Å²) in [5, 5.41) is 7.20. The molecule has 108 valence electrons. The highest BCUT2D eigenvalue weighted by atomic mass is 35.5. The first-order valence-corrected chi connectivity index (χ1v) is 8.04. The summed E-state index contributed by atoms with van der Waals surface area (Å²) in [5.41, 5.74) is 2.08. The van der Waals surface area contributed by atoms with Crippen LogP contribution in [0.5, 0.6) is 5.75 Å². The van der Waals surface area contributed by atoms with Gasteiger partial charge in [0.25, 0.3) is 0 Å². The Kier molecular flexibility index (Phi) is 5.83. The normalized spacial score (nSPS) is 10.8. The largest absolute Gasteiger partial charge is 0.487 e. The number of aryl methyl sites for hydroxylation is 1. The smallest absolute Gasteiger partial charge is 0.131 e. The van der Waals surface area contributed by atoms with Crippen molar-refractivity contribution in [3.05, 3.63) is 44.9 Å². The number of halogens is 1. The van der Waals surface area contributed by atoms with Gasteiger partial charge in [-0.15, -0.1) is 11.3 Å². The van der Waals surface area contributed by atoms with Crippen molar-refractivity contribution in [2.24, 2.45) is 0 Å². The molecule has 1 aromatic carbocycles. The fourth-order valence-corrected chi connectivity index (χ4v) is 2.80. The molecular formula is C15H19ClN2OS. The molecule has 20 heavy (non-hydrogen) atoms. The number of aromatic nitrogens is 1. The number of hydrogen-bond donors (Lipinski definition) is 1. The van der Waals surface area contributed by atoms with Crippen molar-refractivity contribution in [1.29, 1.82) is 0 Å². The van der Waals surface area contributed by atoms with Crippen molar-refractivity contribution in [3.8, 4) is 5.75 Å². The van der Waals surface area contributed by atoms with E-state index in [1.54, 1.807) is 11.3 Å². The lowest BCUT2D eigenvalue weighted by Crippen LogP contribution is -2.11. The zero-order valence-corrected chi connectivity index (χ0v) is 13.4. The fourth-order valence-electron chi connectivity index (χ4n) is 1.80. The number of nitrogens with zero attached hydrogens (tertiary/aromatic N) is 1. The van der Waals surface area contributed by atoms with Crippen LogP contribution in [0.15, 0.2) is 23.6 Å². The predicted octanol–water partition coefficient (Wildman–Crippen LogP) is 4.05. The van der Waals surface area contributed by atoms with Crippen molar-refractivity contribution in [3.63, 3.8) is 0 Å². The molecule has 0 radical (unpaired) electrons. The monoisotopic (exact) mass is 310 g/mol. The number of benzene rings is 1. The van der Waals surface area contributed by atoms with Crippen LogP contribution in [0.4, 0.5) is 0 Å². The minimum Gasteiger partial charge on any atom is -0.487 e. The highest BCUT2D eigenvalue weighted by Crippen LogP contribution is 2.23. The van der Waals surface area contributed by atoms with E-state index in [0.717, 1.165) is 46.5 Å². The van der Waals surface area contributed by atoms with E-state index in [4.69, 9.17) is 16.3 Å². The highest BCUT2D eigenvalue weighted by Gasteiger charge is 2.04. The van der Waals surface area contributed by atoms with E-state index in [0.29, 0.717) is 6.61 Å². The van der Waals surface area contributed by atoms with E-state index in [1.165, 1.54) is 0 Å². The van der Waals surface area contributed by atoms with Gasteiger partial charge in [0.2, 0.25) is 0 Å². The van der Waals surface area contributed by atoms with E-state index in [2.05, 4.69) is 24.1 Å². The third kappa shape index (κ3) is 4.20. The Morgan fingerprint density at radius 2 is 2.20 bits per heavy atom. The molecule has 0 aliphatic carbocycles. The number of rotatable bonds is 7. The van der Waals surface area contributed by atoms with Crippen LogP contribution in [-0.4, -0.2) is 11.5 Å². The molecule has 5 heteroatoms. The van der Waals surface area contributed by atoms with E-state index in [9.17, 15) is 0 Å². The summed E-state index contributed by atoms with van der Waals surface area (Å²) in [7, 11) is 0. The topological polar surface area (TPSA) is 34.2 Å². The quantitative estimate of drug-likeness (QED) is 0.838. The number of nitrogens with one attached hydrogen (secondary N) is 1. The Balaban J connectivity index is 1.93. The van der Waals surface area contributed by atoms with Gasteiger partial charge in [0.1, 0.15) is 17.4 Å². The van der Waals surface area contributed by atoms with Crippen molar-refractivity contribution >= 4 is 22.9 Å². The van der Waals surface area contributed by atoms with Crippen LogP contribution >= 0.6 is 22.9 Å². The van der Waals surface area contributed by atoms with Gasteiger partial charge in [-0.3, -0.25) is 0 Å².